The highest BCUT2D eigenvalue weighted by Crippen LogP contribution is 2.24. The zero-order valence-electron chi connectivity index (χ0n) is 12.4. The Morgan fingerprint density at radius 1 is 1.04 bits per heavy atom. The van der Waals surface area contributed by atoms with Gasteiger partial charge >= 0.3 is 5.97 Å². The van der Waals surface area contributed by atoms with Gasteiger partial charge in [-0.2, -0.15) is 0 Å². The minimum Gasteiger partial charge on any atom is -0.479 e. The molecule has 1 heterocycles. The van der Waals surface area contributed by atoms with Crippen molar-refractivity contribution in [2.24, 2.45) is 0 Å². The molecule has 12 nitrogen and oxygen atoms in total. The first-order valence-electron chi connectivity index (χ1n) is 6.99. The van der Waals surface area contributed by atoms with Gasteiger partial charge in [0.2, 0.25) is 0 Å². The van der Waals surface area contributed by atoms with Crippen molar-refractivity contribution in [2.45, 2.75) is 55.1 Å². The molecule has 12 heteroatoms. The van der Waals surface area contributed by atoms with E-state index in [-0.39, 0.29) is 0 Å². The zero-order valence-corrected chi connectivity index (χ0v) is 12.4. The molecule has 1 saturated heterocycles. The molecule has 1 aliphatic heterocycles. The van der Waals surface area contributed by atoms with Gasteiger partial charge in [0.1, 0.15) is 42.7 Å². The van der Waals surface area contributed by atoms with Gasteiger partial charge in [0.05, 0.1) is 13.2 Å². The van der Waals surface area contributed by atoms with Crippen LogP contribution < -0.4 is 0 Å². The van der Waals surface area contributed by atoms with E-state index in [2.05, 4.69) is 0 Å². The molecule has 0 aromatic heterocycles. The van der Waals surface area contributed by atoms with Crippen LogP contribution in [0, 0.1) is 0 Å². The maximum absolute atomic E-state index is 10.7. The maximum atomic E-state index is 10.7. The van der Waals surface area contributed by atoms with Crippen molar-refractivity contribution in [3.05, 3.63) is 0 Å². The van der Waals surface area contributed by atoms with Gasteiger partial charge < -0.3 is 55.4 Å². The number of carboxylic acid groups (broad SMARTS) is 1. The third-order valence-corrected chi connectivity index (χ3v) is 3.62. The van der Waals surface area contributed by atoms with Gasteiger partial charge in [-0.15, -0.1) is 0 Å². The molecule has 1 aliphatic rings. The molecule has 2 unspecified atom stereocenters. The summed E-state index contributed by atoms with van der Waals surface area (Å²) in [7, 11) is 0. The normalized spacial score (nSPS) is 35.9. The van der Waals surface area contributed by atoms with E-state index >= 15 is 0 Å². The third-order valence-electron chi connectivity index (χ3n) is 3.62. The maximum Gasteiger partial charge on any atom is 0.335 e. The minimum atomic E-state index is -2.39. The molecule has 0 aliphatic carbocycles. The molecule has 0 saturated carbocycles. The van der Waals surface area contributed by atoms with Crippen molar-refractivity contribution in [3.8, 4) is 0 Å². The van der Waals surface area contributed by atoms with Gasteiger partial charge in [0.25, 0.3) is 0 Å². The van der Waals surface area contributed by atoms with Crippen LogP contribution in [0.1, 0.15) is 0 Å². The Bertz CT molecular complexity index is 403. The van der Waals surface area contributed by atoms with Crippen molar-refractivity contribution in [1.82, 2.24) is 0 Å². The highest BCUT2D eigenvalue weighted by molar-refractivity contribution is 5.72. The Morgan fingerprint density at radius 2 is 1.62 bits per heavy atom. The predicted molar refractivity (Wildman–Crippen MR) is 71.4 cm³/mol. The fraction of sp³-hybridized carbons (Fsp3) is 0.917. The van der Waals surface area contributed by atoms with Crippen molar-refractivity contribution in [2.75, 3.05) is 13.2 Å². The van der Waals surface area contributed by atoms with Crippen LogP contribution in [-0.4, -0.2) is 120 Å². The third kappa shape index (κ3) is 4.58. The van der Waals surface area contributed by atoms with Crippen LogP contribution >= 0.6 is 0 Å². The minimum absolute atomic E-state index is 0.766. The summed E-state index contributed by atoms with van der Waals surface area (Å²) in [5.41, 5.74) is 0. The second-order valence-electron chi connectivity index (χ2n) is 5.32. The standard InChI is InChI=1S/C12H22O12/c13-1-3(15)10(7(18)8(19)11(21)22)24-12-9(20)6(17)5(16)4(2-14)23-12/h3-10,12-20H,1-2H2,(H,21,22)/t3-,4?,5-,6+,7-,8-,9?,10-,12+/m1/s1. The molecule has 24 heavy (non-hydrogen) atoms. The molecule has 0 aromatic rings. The monoisotopic (exact) mass is 358 g/mol. The summed E-state index contributed by atoms with van der Waals surface area (Å²) in [4.78, 5) is 10.7. The van der Waals surface area contributed by atoms with E-state index in [9.17, 15) is 35.4 Å². The zero-order chi connectivity index (χ0) is 18.6. The van der Waals surface area contributed by atoms with Crippen LogP contribution in [-0.2, 0) is 14.3 Å². The van der Waals surface area contributed by atoms with Crippen LogP contribution in [0.3, 0.4) is 0 Å². The molecule has 9 atom stereocenters. The van der Waals surface area contributed by atoms with Crippen LogP contribution in [0.4, 0.5) is 0 Å². The molecule has 0 radical (unpaired) electrons. The molecule has 0 aromatic carbocycles. The van der Waals surface area contributed by atoms with Gasteiger partial charge in [-0.1, -0.05) is 0 Å². The summed E-state index contributed by atoms with van der Waals surface area (Å²) in [5.74, 6) is -1.84. The number of hydrogen-bond acceptors (Lipinski definition) is 11. The molecule has 0 bridgehead atoms. The first-order valence-corrected chi connectivity index (χ1v) is 6.99. The van der Waals surface area contributed by atoms with E-state index in [4.69, 9.17) is 24.8 Å². The molecule has 9 N–H and O–H groups in total. The quantitative estimate of drug-likeness (QED) is 0.198. The number of carbonyl (C=O) groups is 1. The average Bonchev–Trinajstić information content (AvgIpc) is 2.57. The van der Waals surface area contributed by atoms with Crippen LogP contribution in [0.25, 0.3) is 0 Å². The number of aliphatic hydroxyl groups is 8. The molecular formula is C12H22O12. The van der Waals surface area contributed by atoms with Crippen molar-refractivity contribution < 1.29 is 60.2 Å². The lowest BCUT2D eigenvalue weighted by Gasteiger charge is -2.42. The summed E-state index contributed by atoms with van der Waals surface area (Å²) in [5, 5.41) is 84.5. The van der Waals surface area contributed by atoms with Crippen molar-refractivity contribution in [1.29, 1.82) is 0 Å². The lowest BCUT2D eigenvalue weighted by atomic mass is 9.98. The Kier molecular flexibility index (Phi) is 7.88. The fourth-order valence-electron chi connectivity index (χ4n) is 2.16. The second kappa shape index (κ2) is 8.96. The largest absolute Gasteiger partial charge is 0.479 e. The molecule has 0 amide bonds. The first-order chi connectivity index (χ1) is 11.1. The van der Waals surface area contributed by atoms with E-state index in [1.165, 1.54) is 0 Å². The lowest BCUT2D eigenvalue weighted by molar-refractivity contribution is -0.326. The summed E-state index contributed by atoms with van der Waals surface area (Å²) >= 11 is 0. The van der Waals surface area contributed by atoms with Crippen LogP contribution in [0.5, 0.6) is 0 Å². The Balaban J connectivity index is 2.94. The fourth-order valence-corrected chi connectivity index (χ4v) is 2.16. The number of aliphatic carboxylic acids is 1. The highest BCUT2D eigenvalue weighted by Gasteiger charge is 2.47. The van der Waals surface area contributed by atoms with E-state index < -0.39 is 74.3 Å². The molecule has 0 spiro atoms. The Hall–Kier alpha value is -0.930. The average molecular weight is 358 g/mol. The molecule has 142 valence electrons. The van der Waals surface area contributed by atoms with Gasteiger partial charge in [-0.25, -0.2) is 4.79 Å². The summed E-state index contributed by atoms with van der Waals surface area (Å²) in [6.45, 7) is -1.76. The van der Waals surface area contributed by atoms with Crippen molar-refractivity contribution in [3.63, 3.8) is 0 Å². The molecular weight excluding hydrogens is 336 g/mol. The Morgan fingerprint density at radius 3 is 2.08 bits per heavy atom. The van der Waals surface area contributed by atoms with E-state index in [1.54, 1.807) is 0 Å². The van der Waals surface area contributed by atoms with Gasteiger partial charge in [-0.05, 0) is 0 Å². The van der Waals surface area contributed by atoms with Crippen LogP contribution in [0.2, 0.25) is 0 Å². The topological polar surface area (TPSA) is 218 Å². The van der Waals surface area contributed by atoms with Gasteiger partial charge in [0.15, 0.2) is 12.4 Å². The smallest absolute Gasteiger partial charge is 0.335 e. The van der Waals surface area contributed by atoms with E-state index in [1.807, 2.05) is 0 Å². The van der Waals surface area contributed by atoms with Gasteiger partial charge in [-0.3, -0.25) is 0 Å². The molecule has 1 fully saturated rings. The van der Waals surface area contributed by atoms with Gasteiger partial charge in [0, 0.05) is 0 Å². The number of aliphatic hydroxyl groups excluding tert-OH is 8. The van der Waals surface area contributed by atoms with E-state index in [0.717, 1.165) is 0 Å². The van der Waals surface area contributed by atoms with E-state index in [0.29, 0.717) is 0 Å². The lowest BCUT2D eigenvalue weighted by Crippen LogP contribution is -2.61. The van der Waals surface area contributed by atoms with Crippen LogP contribution in [0.15, 0.2) is 0 Å². The first kappa shape index (κ1) is 21.1. The molecule has 1 rings (SSSR count). The summed E-state index contributed by atoms with van der Waals surface area (Å²) in [6, 6.07) is 0. The summed E-state index contributed by atoms with van der Waals surface area (Å²) in [6.07, 6.45) is -16.9. The predicted octanol–water partition coefficient (Wildman–Crippen LogP) is -5.67. The number of hydrogen-bond donors (Lipinski definition) is 9. The number of ether oxygens (including phenoxy) is 2. The SMILES string of the molecule is O=C(O)[C@H](O)[C@@H](O)[C@H](O[C@@H]1OC(CO)[C@@H](O)[C@H](O)C1O)[C@H](O)CO. The number of rotatable bonds is 8. The summed E-state index contributed by atoms with van der Waals surface area (Å²) < 4.78 is 9.98. The highest BCUT2D eigenvalue weighted by atomic mass is 16.7. The second-order valence-corrected chi connectivity index (χ2v) is 5.32. The Labute approximate surface area is 135 Å². The van der Waals surface area contributed by atoms with Crippen molar-refractivity contribution >= 4 is 5.97 Å². The number of carboxylic acids is 1.